The van der Waals surface area contributed by atoms with Crippen molar-refractivity contribution in [2.75, 3.05) is 20.2 Å². The lowest BCUT2D eigenvalue weighted by Gasteiger charge is -2.31. The third-order valence-corrected chi connectivity index (χ3v) is 4.29. The molecule has 1 fully saturated rings. The van der Waals surface area contributed by atoms with Crippen LogP contribution in [-0.2, 0) is 14.3 Å². The Labute approximate surface area is 134 Å². The third kappa shape index (κ3) is 3.26. The van der Waals surface area contributed by atoms with E-state index in [4.69, 9.17) is 0 Å². The number of aromatic amines is 1. The maximum absolute atomic E-state index is 12.0. The second-order valence-corrected chi connectivity index (χ2v) is 5.60. The summed E-state index contributed by atoms with van der Waals surface area (Å²) in [6.45, 7) is 1.36. The average molecular weight is 313 g/mol. The Morgan fingerprint density at radius 3 is 2.87 bits per heavy atom. The predicted octanol–water partition coefficient (Wildman–Crippen LogP) is 2.00. The first kappa shape index (κ1) is 15.3. The molecule has 6 nitrogen and oxygen atoms in total. The van der Waals surface area contributed by atoms with Crippen molar-refractivity contribution < 1.29 is 14.3 Å². The molecule has 120 valence electrons. The van der Waals surface area contributed by atoms with Crippen molar-refractivity contribution in [3.63, 3.8) is 0 Å². The molecule has 3 rings (SSSR count). The van der Waals surface area contributed by atoms with E-state index >= 15 is 0 Å². The third-order valence-electron chi connectivity index (χ3n) is 4.29. The van der Waals surface area contributed by atoms with Gasteiger partial charge in [-0.2, -0.15) is 0 Å². The zero-order chi connectivity index (χ0) is 16.2. The van der Waals surface area contributed by atoms with Crippen LogP contribution in [0.3, 0.4) is 0 Å². The molecule has 1 saturated heterocycles. The van der Waals surface area contributed by atoms with E-state index < -0.39 is 5.97 Å². The van der Waals surface area contributed by atoms with Gasteiger partial charge >= 0.3 is 5.97 Å². The summed E-state index contributed by atoms with van der Waals surface area (Å²) in [4.78, 5) is 32.4. The molecule has 0 aliphatic carbocycles. The standard InChI is InChI=1S/C17H19N3O3/c1-23-16(22)5-4-15(21)20-9-6-12(7-10-20)14-11-19-17-13(14)3-2-8-18-17/h2-5,8,11-12H,6-7,9-10H2,1H3,(H,18,19)/b5-4+. The smallest absolute Gasteiger partial charge is 0.330 e. The number of nitrogens with zero attached hydrogens (tertiary/aromatic N) is 2. The second kappa shape index (κ2) is 6.64. The lowest BCUT2D eigenvalue weighted by Crippen LogP contribution is -2.37. The molecule has 0 radical (unpaired) electrons. The van der Waals surface area contributed by atoms with Crippen LogP contribution in [0.15, 0.2) is 36.7 Å². The Bertz CT molecular complexity index is 742. The highest BCUT2D eigenvalue weighted by Crippen LogP contribution is 2.32. The Kier molecular flexibility index (Phi) is 4.41. The van der Waals surface area contributed by atoms with Crippen molar-refractivity contribution in [1.82, 2.24) is 14.9 Å². The summed E-state index contributed by atoms with van der Waals surface area (Å²) in [5, 5.41) is 1.16. The molecule has 6 heteroatoms. The fraction of sp³-hybridized carbons (Fsp3) is 0.353. The first-order valence-corrected chi connectivity index (χ1v) is 7.66. The van der Waals surface area contributed by atoms with Gasteiger partial charge in [-0.05, 0) is 36.5 Å². The Hall–Kier alpha value is -2.63. The Balaban J connectivity index is 1.63. The van der Waals surface area contributed by atoms with Gasteiger partial charge in [-0.15, -0.1) is 0 Å². The van der Waals surface area contributed by atoms with E-state index in [1.54, 1.807) is 11.1 Å². The van der Waals surface area contributed by atoms with Gasteiger partial charge in [-0.3, -0.25) is 4.79 Å². The number of H-pyrrole nitrogens is 1. The van der Waals surface area contributed by atoms with Crippen molar-refractivity contribution in [2.45, 2.75) is 18.8 Å². The number of amides is 1. The highest BCUT2D eigenvalue weighted by molar-refractivity contribution is 5.94. The van der Waals surface area contributed by atoms with Gasteiger partial charge in [0.2, 0.25) is 5.91 Å². The summed E-state index contributed by atoms with van der Waals surface area (Å²) in [6.07, 6.45) is 8.05. The number of esters is 1. The maximum Gasteiger partial charge on any atom is 0.330 e. The van der Waals surface area contributed by atoms with Crippen molar-refractivity contribution >= 4 is 22.9 Å². The number of piperidine rings is 1. The number of ether oxygens (including phenoxy) is 1. The van der Waals surface area contributed by atoms with E-state index in [0.29, 0.717) is 19.0 Å². The van der Waals surface area contributed by atoms with E-state index in [1.807, 2.05) is 12.3 Å². The van der Waals surface area contributed by atoms with Crippen LogP contribution >= 0.6 is 0 Å². The SMILES string of the molecule is COC(=O)/C=C/C(=O)N1CCC(c2c[nH]c3ncccc23)CC1. The average Bonchev–Trinajstić information content (AvgIpc) is 3.03. The molecule has 0 unspecified atom stereocenters. The molecule has 3 heterocycles. The van der Waals surface area contributed by atoms with E-state index in [1.165, 1.54) is 24.8 Å². The first-order chi connectivity index (χ1) is 11.2. The predicted molar refractivity (Wildman–Crippen MR) is 85.8 cm³/mol. The number of carbonyl (C=O) groups excluding carboxylic acids is 2. The van der Waals surface area contributed by atoms with Gasteiger partial charge < -0.3 is 14.6 Å². The molecule has 0 spiro atoms. The zero-order valence-corrected chi connectivity index (χ0v) is 13.0. The highest BCUT2D eigenvalue weighted by atomic mass is 16.5. The zero-order valence-electron chi connectivity index (χ0n) is 13.0. The quantitative estimate of drug-likeness (QED) is 0.694. The van der Waals surface area contributed by atoms with E-state index in [0.717, 1.165) is 23.9 Å². The molecule has 1 amide bonds. The molecular formula is C17H19N3O3. The number of pyridine rings is 1. The van der Waals surface area contributed by atoms with Crippen molar-refractivity contribution in [2.24, 2.45) is 0 Å². The number of hydrogen-bond acceptors (Lipinski definition) is 4. The molecule has 2 aromatic rings. The Morgan fingerprint density at radius 2 is 2.13 bits per heavy atom. The molecule has 0 bridgehead atoms. The normalized spacial score (nSPS) is 16.1. The van der Waals surface area contributed by atoms with Gasteiger partial charge in [0.15, 0.2) is 0 Å². The number of rotatable bonds is 3. The topological polar surface area (TPSA) is 75.3 Å². The van der Waals surface area contributed by atoms with Crippen LogP contribution in [0.5, 0.6) is 0 Å². The van der Waals surface area contributed by atoms with Crippen LogP contribution < -0.4 is 0 Å². The monoisotopic (exact) mass is 313 g/mol. The molecule has 0 aromatic carbocycles. The molecule has 1 N–H and O–H groups in total. The first-order valence-electron chi connectivity index (χ1n) is 7.66. The minimum absolute atomic E-state index is 0.144. The lowest BCUT2D eigenvalue weighted by atomic mass is 9.89. The van der Waals surface area contributed by atoms with E-state index in [2.05, 4.69) is 20.8 Å². The largest absolute Gasteiger partial charge is 0.466 e. The van der Waals surface area contributed by atoms with Gasteiger partial charge in [0.25, 0.3) is 0 Å². The van der Waals surface area contributed by atoms with Crippen LogP contribution in [0, 0.1) is 0 Å². The fourth-order valence-electron chi connectivity index (χ4n) is 3.04. The number of aromatic nitrogens is 2. The summed E-state index contributed by atoms with van der Waals surface area (Å²) in [6, 6.07) is 4.01. The number of fused-ring (bicyclic) bond motifs is 1. The number of carbonyl (C=O) groups is 2. The minimum atomic E-state index is -0.514. The van der Waals surface area contributed by atoms with Gasteiger partial charge in [-0.1, -0.05) is 0 Å². The number of likely N-dealkylation sites (tertiary alicyclic amines) is 1. The molecule has 1 aliphatic rings. The molecule has 23 heavy (non-hydrogen) atoms. The van der Waals surface area contributed by atoms with Crippen LogP contribution in [0.1, 0.15) is 24.3 Å². The number of nitrogens with one attached hydrogen (secondary N) is 1. The molecule has 0 saturated carbocycles. The van der Waals surface area contributed by atoms with E-state index in [9.17, 15) is 9.59 Å². The second-order valence-electron chi connectivity index (χ2n) is 5.60. The minimum Gasteiger partial charge on any atom is -0.466 e. The molecular weight excluding hydrogens is 294 g/mol. The van der Waals surface area contributed by atoms with Gasteiger partial charge in [0.05, 0.1) is 7.11 Å². The van der Waals surface area contributed by atoms with Gasteiger partial charge in [-0.25, -0.2) is 9.78 Å². The van der Waals surface area contributed by atoms with Crippen LogP contribution in [-0.4, -0.2) is 46.9 Å². The van der Waals surface area contributed by atoms with E-state index in [-0.39, 0.29) is 5.91 Å². The van der Waals surface area contributed by atoms with Gasteiger partial charge in [0.1, 0.15) is 5.65 Å². The summed E-state index contributed by atoms with van der Waals surface area (Å²) in [5.74, 6) is -0.240. The van der Waals surface area contributed by atoms with Gasteiger partial charge in [0, 0.05) is 43.0 Å². The Morgan fingerprint density at radius 1 is 1.35 bits per heavy atom. The maximum atomic E-state index is 12.0. The summed E-state index contributed by atoms with van der Waals surface area (Å²) in [7, 11) is 1.29. The summed E-state index contributed by atoms with van der Waals surface area (Å²) >= 11 is 0. The van der Waals surface area contributed by atoms with Crippen molar-refractivity contribution in [1.29, 1.82) is 0 Å². The van der Waals surface area contributed by atoms with Crippen LogP contribution in [0.4, 0.5) is 0 Å². The van der Waals surface area contributed by atoms with Crippen molar-refractivity contribution in [3.05, 3.63) is 42.2 Å². The summed E-state index contributed by atoms with van der Waals surface area (Å²) < 4.78 is 4.49. The van der Waals surface area contributed by atoms with Crippen LogP contribution in [0.25, 0.3) is 11.0 Å². The molecule has 0 atom stereocenters. The fourth-order valence-corrected chi connectivity index (χ4v) is 3.04. The summed E-state index contributed by atoms with van der Waals surface area (Å²) in [5.41, 5.74) is 2.17. The highest BCUT2D eigenvalue weighted by Gasteiger charge is 2.24. The molecule has 1 aliphatic heterocycles. The molecule has 2 aromatic heterocycles. The number of methoxy groups -OCH3 is 1. The van der Waals surface area contributed by atoms with Crippen molar-refractivity contribution in [3.8, 4) is 0 Å². The van der Waals surface area contributed by atoms with Crippen LogP contribution in [0.2, 0.25) is 0 Å². The lowest BCUT2D eigenvalue weighted by molar-refractivity contribution is -0.135. The number of hydrogen-bond donors (Lipinski definition) is 1.